The largest absolute Gasteiger partial charge is 0.493 e. The summed E-state index contributed by atoms with van der Waals surface area (Å²) in [5.74, 6) is 2.39. The van der Waals surface area contributed by atoms with Gasteiger partial charge in [0.25, 0.3) is 0 Å². The second kappa shape index (κ2) is 13.1. The fourth-order valence-electron chi connectivity index (χ4n) is 4.88. The van der Waals surface area contributed by atoms with Crippen LogP contribution in [-0.4, -0.2) is 48.7 Å². The molecule has 2 aromatic heterocycles. The molecular weight excluding hydrogens is 515 g/mol. The molecule has 3 aromatic rings. The van der Waals surface area contributed by atoms with Crippen molar-refractivity contribution < 1.29 is 9.26 Å². The summed E-state index contributed by atoms with van der Waals surface area (Å²) in [6.07, 6.45) is 7.11. The van der Waals surface area contributed by atoms with Crippen LogP contribution in [0, 0.1) is 23.2 Å². The number of likely N-dealkylation sites (tertiary alicyclic amines) is 1. The molecule has 1 saturated carbocycles. The number of hydrogen-bond acceptors (Lipinski definition) is 7. The van der Waals surface area contributed by atoms with Crippen molar-refractivity contribution >= 4 is 47.1 Å². The van der Waals surface area contributed by atoms with Crippen LogP contribution in [0.2, 0.25) is 0 Å². The van der Waals surface area contributed by atoms with Crippen molar-refractivity contribution in [2.24, 2.45) is 11.8 Å². The number of nitrogens with zero attached hydrogens (tertiary/aromatic N) is 4. The highest BCUT2D eigenvalue weighted by molar-refractivity contribution is 7.12. The third kappa shape index (κ3) is 7.14. The topological polar surface area (TPSA) is 65.5 Å². The van der Waals surface area contributed by atoms with E-state index in [1.807, 2.05) is 6.07 Å². The Bertz CT molecular complexity index is 1160. The highest BCUT2D eigenvalue weighted by atomic mass is 35.5. The minimum absolute atomic E-state index is 0. The maximum absolute atomic E-state index is 9.03. The molecule has 9 heteroatoms. The first kappa shape index (κ1) is 28.7. The second-order valence-electron chi connectivity index (χ2n) is 10.2. The molecule has 2 aliphatic rings. The van der Waals surface area contributed by atoms with Crippen LogP contribution in [0.4, 0.5) is 0 Å². The Morgan fingerprint density at radius 3 is 2.56 bits per heavy atom. The molecule has 0 atom stereocenters. The Morgan fingerprint density at radius 1 is 1.11 bits per heavy atom. The maximum Gasteiger partial charge on any atom is 0.175 e. The van der Waals surface area contributed by atoms with E-state index in [0.717, 1.165) is 90.3 Å². The molecule has 0 bridgehead atoms. The molecule has 2 fully saturated rings. The van der Waals surface area contributed by atoms with Crippen LogP contribution in [-0.2, 0) is 19.5 Å². The van der Waals surface area contributed by atoms with Gasteiger partial charge in [-0.05, 0) is 102 Å². The lowest BCUT2D eigenvalue weighted by molar-refractivity contribution is 0.173. The molecular formula is C27H36Cl2N4O2S. The monoisotopic (exact) mass is 550 g/mol. The number of halogens is 2. The van der Waals surface area contributed by atoms with Crippen molar-refractivity contribution in [3.8, 4) is 11.8 Å². The fourth-order valence-corrected chi connectivity index (χ4v) is 5.73. The number of fused-ring (bicyclic) bond motifs is 1. The normalized spacial score (nSPS) is 16.5. The molecule has 0 N–H and O–H groups in total. The quantitative estimate of drug-likeness (QED) is 0.295. The van der Waals surface area contributed by atoms with Crippen molar-refractivity contribution in [3.63, 3.8) is 0 Å². The van der Waals surface area contributed by atoms with Gasteiger partial charge in [-0.25, -0.2) is 0 Å². The van der Waals surface area contributed by atoms with Gasteiger partial charge in [0.15, 0.2) is 5.58 Å². The van der Waals surface area contributed by atoms with E-state index >= 15 is 0 Å². The molecule has 0 unspecified atom stereocenters. The Hall–Kier alpha value is -1.82. The first-order valence-electron chi connectivity index (χ1n) is 12.5. The van der Waals surface area contributed by atoms with E-state index in [2.05, 4.69) is 53.3 Å². The predicted octanol–water partition coefficient (Wildman–Crippen LogP) is 6.30. The average molecular weight is 552 g/mol. The Kier molecular flexibility index (Phi) is 10.5. The highest BCUT2D eigenvalue weighted by Crippen LogP contribution is 2.35. The van der Waals surface area contributed by atoms with Crippen LogP contribution in [0.3, 0.4) is 0 Å². The summed E-state index contributed by atoms with van der Waals surface area (Å²) in [6, 6.07) is 10.5. The number of ether oxygens (including phenoxy) is 1. The maximum atomic E-state index is 9.03. The summed E-state index contributed by atoms with van der Waals surface area (Å²) < 4.78 is 12.1. The Labute approximate surface area is 230 Å². The fraction of sp³-hybridized carbons (Fsp3) is 0.556. The van der Waals surface area contributed by atoms with E-state index < -0.39 is 0 Å². The van der Waals surface area contributed by atoms with Crippen LogP contribution in [0.25, 0.3) is 11.0 Å². The standard InChI is InChI=1S/C27H34N4O2S.2ClH/c1-30(2)17-24-26(32-18-20-3-4-20)10-8-23-25(29-33-27(23)24)9-5-19-11-13-31(14-12-19)16-22-7-6-21(15-28)34-22;;/h6-8,10,19-20H,3-5,9,11-14,16-18H2,1-2H3;2*1H. The number of piperidine rings is 1. The first-order valence-corrected chi connectivity index (χ1v) is 13.3. The molecule has 1 aromatic carbocycles. The van der Waals surface area contributed by atoms with Gasteiger partial charge in [-0.15, -0.1) is 36.2 Å². The molecule has 0 spiro atoms. The van der Waals surface area contributed by atoms with E-state index in [1.54, 1.807) is 11.3 Å². The van der Waals surface area contributed by atoms with Crippen LogP contribution in [0.5, 0.6) is 5.75 Å². The van der Waals surface area contributed by atoms with Gasteiger partial charge in [0.05, 0.1) is 17.9 Å². The lowest BCUT2D eigenvalue weighted by Gasteiger charge is -2.31. The minimum atomic E-state index is 0. The molecule has 1 aliphatic heterocycles. The average Bonchev–Trinajstić information content (AvgIpc) is 3.40. The summed E-state index contributed by atoms with van der Waals surface area (Å²) in [6.45, 7) is 4.80. The number of thiophene rings is 1. The van der Waals surface area contributed by atoms with Gasteiger partial charge < -0.3 is 14.2 Å². The smallest absolute Gasteiger partial charge is 0.175 e. The van der Waals surface area contributed by atoms with Gasteiger partial charge in [0, 0.05) is 23.4 Å². The van der Waals surface area contributed by atoms with E-state index in [1.165, 1.54) is 30.6 Å². The van der Waals surface area contributed by atoms with Crippen molar-refractivity contribution in [1.29, 1.82) is 5.26 Å². The minimum Gasteiger partial charge on any atom is -0.493 e. The van der Waals surface area contributed by atoms with Crippen LogP contribution in [0.1, 0.15) is 53.1 Å². The second-order valence-corrected chi connectivity index (χ2v) is 11.3. The zero-order chi connectivity index (χ0) is 23.5. The van der Waals surface area contributed by atoms with E-state index in [9.17, 15) is 0 Å². The van der Waals surface area contributed by atoms with E-state index in [-0.39, 0.29) is 24.8 Å². The molecule has 3 heterocycles. The van der Waals surface area contributed by atoms with Gasteiger partial charge in [-0.2, -0.15) is 5.26 Å². The molecule has 5 rings (SSSR count). The summed E-state index contributed by atoms with van der Waals surface area (Å²) >= 11 is 1.62. The zero-order valence-corrected chi connectivity index (χ0v) is 23.5. The van der Waals surface area contributed by atoms with Gasteiger partial charge in [0.1, 0.15) is 16.7 Å². The molecule has 0 amide bonds. The zero-order valence-electron chi connectivity index (χ0n) is 21.1. The summed E-state index contributed by atoms with van der Waals surface area (Å²) in [5, 5.41) is 14.7. The lowest BCUT2D eigenvalue weighted by Crippen LogP contribution is -2.33. The lowest BCUT2D eigenvalue weighted by atomic mass is 9.91. The van der Waals surface area contributed by atoms with Crippen molar-refractivity contribution in [2.45, 2.75) is 51.6 Å². The predicted molar refractivity (Wildman–Crippen MR) is 149 cm³/mol. The number of rotatable bonds is 10. The van der Waals surface area contributed by atoms with Gasteiger partial charge in [0.2, 0.25) is 0 Å². The number of benzene rings is 1. The molecule has 1 aliphatic carbocycles. The van der Waals surface area contributed by atoms with Gasteiger partial charge in [-0.3, -0.25) is 4.90 Å². The van der Waals surface area contributed by atoms with Gasteiger partial charge >= 0.3 is 0 Å². The number of nitriles is 1. The highest BCUT2D eigenvalue weighted by Gasteiger charge is 2.25. The van der Waals surface area contributed by atoms with Crippen molar-refractivity contribution in [3.05, 3.63) is 45.3 Å². The number of aryl methyl sites for hydroxylation is 1. The first-order chi connectivity index (χ1) is 16.6. The summed E-state index contributed by atoms with van der Waals surface area (Å²) in [7, 11) is 4.15. The van der Waals surface area contributed by atoms with Crippen LogP contribution < -0.4 is 4.74 Å². The third-order valence-electron chi connectivity index (χ3n) is 7.07. The Balaban J connectivity index is 0.00000180. The van der Waals surface area contributed by atoms with Crippen LogP contribution >= 0.6 is 36.2 Å². The van der Waals surface area contributed by atoms with Crippen molar-refractivity contribution in [2.75, 3.05) is 33.8 Å². The SMILES string of the molecule is CN(C)Cc1c(OCC2CC2)ccc2c(CCC3CCN(Cc4ccc(C#N)s4)CC3)noc12.Cl.Cl. The molecule has 6 nitrogen and oxygen atoms in total. The Morgan fingerprint density at radius 2 is 1.89 bits per heavy atom. The molecule has 1 saturated heterocycles. The number of hydrogen-bond donors (Lipinski definition) is 0. The summed E-state index contributed by atoms with van der Waals surface area (Å²) in [5.41, 5.74) is 3.08. The molecule has 0 radical (unpaired) electrons. The van der Waals surface area contributed by atoms with E-state index in [4.69, 9.17) is 14.5 Å². The molecule has 36 heavy (non-hydrogen) atoms. The third-order valence-corrected chi connectivity index (χ3v) is 8.04. The summed E-state index contributed by atoms with van der Waals surface area (Å²) in [4.78, 5) is 6.77. The van der Waals surface area contributed by atoms with Crippen molar-refractivity contribution in [1.82, 2.24) is 15.0 Å². The van der Waals surface area contributed by atoms with Crippen LogP contribution in [0.15, 0.2) is 28.8 Å². The van der Waals surface area contributed by atoms with Gasteiger partial charge in [-0.1, -0.05) is 5.16 Å². The van der Waals surface area contributed by atoms with E-state index in [0.29, 0.717) is 0 Å². The molecule has 196 valence electrons. The number of aromatic nitrogens is 1.